The second-order valence-corrected chi connectivity index (χ2v) is 6.37. The van der Waals surface area contributed by atoms with Gasteiger partial charge in [0.05, 0.1) is 22.5 Å². The van der Waals surface area contributed by atoms with Crippen molar-refractivity contribution in [1.29, 1.82) is 0 Å². The first-order valence-corrected chi connectivity index (χ1v) is 7.69. The molecule has 1 heterocycles. The monoisotopic (exact) mass is 306 g/mol. The van der Waals surface area contributed by atoms with E-state index in [0.717, 1.165) is 23.4 Å². The highest BCUT2D eigenvalue weighted by Crippen LogP contribution is 2.31. The SMILES string of the molecule is CCc1nn(C)c(CC(O)C(C)(C)c2ccccc2)c1Cl. The van der Waals surface area contributed by atoms with Gasteiger partial charge in [-0.3, -0.25) is 4.68 Å². The van der Waals surface area contributed by atoms with E-state index in [4.69, 9.17) is 11.6 Å². The fraction of sp³-hybridized carbons (Fsp3) is 0.471. The van der Waals surface area contributed by atoms with E-state index in [1.54, 1.807) is 4.68 Å². The number of aliphatic hydroxyl groups excluding tert-OH is 1. The van der Waals surface area contributed by atoms with Gasteiger partial charge in [0.2, 0.25) is 0 Å². The molecular weight excluding hydrogens is 284 g/mol. The molecule has 0 aliphatic carbocycles. The third kappa shape index (κ3) is 3.14. The van der Waals surface area contributed by atoms with Crippen molar-refractivity contribution < 1.29 is 5.11 Å². The summed E-state index contributed by atoms with van der Waals surface area (Å²) in [5.41, 5.74) is 2.55. The molecule has 0 radical (unpaired) electrons. The predicted molar refractivity (Wildman–Crippen MR) is 86.8 cm³/mol. The van der Waals surface area contributed by atoms with Crippen LogP contribution in [0.3, 0.4) is 0 Å². The van der Waals surface area contributed by atoms with E-state index in [0.29, 0.717) is 11.4 Å². The Kier molecular flexibility index (Phi) is 4.74. The van der Waals surface area contributed by atoms with Crippen LogP contribution in [-0.4, -0.2) is 21.0 Å². The van der Waals surface area contributed by atoms with Gasteiger partial charge in [-0.05, 0) is 12.0 Å². The van der Waals surface area contributed by atoms with E-state index in [1.165, 1.54) is 0 Å². The molecule has 4 heteroatoms. The summed E-state index contributed by atoms with van der Waals surface area (Å²) in [4.78, 5) is 0. The highest BCUT2D eigenvalue weighted by Gasteiger charge is 2.31. The zero-order chi connectivity index (χ0) is 15.6. The number of hydrogen-bond donors (Lipinski definition) is 1. The summed E-state index contributed by atoms with van der Waals surface area (Å²) in [5.74, 6) is 0. The molecule has 1 aromatic heterocycles. The van der Waals surface area contributed by atoms with Crippen molar-refractivity contribution in [2.24, 2.45) is 7.05 Å². The molecule has 1 atom stereocenters. The van der Waals surface area contributed by atoms with Gasteiger partial charge < -0.3 is 5.11 Å². The maximum Gasteiger partial charge on any atom is 0.0850 e. The minimum Gasteiger partial charge on any atom is -0.392 e. The molecule has 0 amide bonds. The summed E-state index contributed by atoms with van der Waals surface area (Å²) >= 11 is 6.38. The second kappa shape index (κ2) is 6.20. The average Bonchev–Trinajstić information content (AvgIpc) is 2.75. The number of nitrogens with zero attached hydrogens (tertiary/aromatic N) is 2. The number of rotatable bonds is 5. The smallest absolute Gasteiger partial charge is 0.0850 e. The molecular formula is C17H23ClN2O. The number of aryl methyl sites for hydroxylation is 2. The average molecular weight is 307 g/mol. The van der Waals surface area contributed by atoms with Gasteiger partial charge in [-0.25, -0.2) is 0 Å². The van der Waals surface area contributed by atoms with E-state index >= 15 is 0 Å². The van der Waals surface area contributed by atoms with Crippen molar-refractivity contribution in [2.45, 2.75) is 45.1 Å². The van der Waals surface area contributed by atoms with Crippen LogP contribution in [0.15, 0.2) is 30.3 Å². The Morgan fingerprint density at radius 3 is 2.43 bits per heavy atom. The van der Waals surface area contributed by atoms with Crippen molar-refractivity contribution in [2.75, 3.05) is 0 Å². The van der Waals surface area contributed by atoms with Gasteiger partial charge in [-0.2, -0.15) is 5.10 Å². The molecule has 2 rings (SSSR count). The highest BCUT2D eigenvalue weighted by molar-refractivity contribution is 6.31. The van der Waals surface area contributed by atoms with Crippen LogP contribution in [0.25, 0.3) is 0 Å². The predicted octanol–water partition coefficient (Wildman–Crippen LogP) is 3.52. The molecule has 1 N–H and O–H groups in total. The Bertz CT molecular complexity index is 605. The van der Waals surface area contributed by atoms with Crippen LogP contribution < -0.4 is 0 Å². The topological polar surface area (TPSA) is 38.0 Å². The molecule has 1 unspecified atom stereocenters. The fourth-order valence-electron chi connectivity index (χ4n) is 2.54. The van der Waals surface area contributed by atoms with Crippen LogP contribution in [-0.2, 0) is 25.3 Å². The van der Waals surface area contributed by atoms with Crippen LogP contribution in [0.2, 0.25) is 5.02 Å². The van der Waals surface area contributed by atoms with Crippen molar-refractivity contribution >= 4 is 11.6 Å². The van der Waals surface area contributed by atoms with E-state index in [2.05, 4.69) is 18.9 Å². The Labute approximate surface area is 131 Å². The van der Waals surface area contributed by atoms with E-state index in [1.807, 2.05) is 44.3 Å². The third-order valence-corrected chi connectivity index (χ3v) is 4.68. The number of aromatic nitrogens is 2. The minimum atomic E-state index is -0.530. The lowest BCUT2D eigenvalue weighted by molar-refractivity contribution is 0.0981. The van der Waals surface area contributed by atoms with Crippen molar-refractivity contribution in [3.63, 3.8) is 0 Å². The largest absolute Gasteiger partial charge is 0.392 e. The van der Waals surface area contributed by atoms with Gasteiger partial charge in [-0.15, -0.1) is 0 Å². The molecule has 0 saturated carbocycles. The Balaban J connectivity index is 2.26. The lowest BCUT2D eigenvalue weighted by Crippen LogP contribution is -2.35. The summed E-state index contributed by atoms with van der Waals surface area (Å²) in [6.45, 7) is 6.14. The first kappa shape index (κ1) is 16.1. The molecule has 0 fully saturated rings. The summed E-state index contributed by atoms with van der Waals surface area (Å²) in [6.07, 6.45) is 0.757. The molecule has 0 aliphatic rings. The Morgan fingerprint density at radius 2 is 1.90 bits per heavy atom. The summed E-state index contributed by atoms with van der Waals surface area (Å²) in [6, 6.07) is 10.1. The minimum absolute atomic E-state index is 0.346. The van der Waals surface area contributed by atoms with Crippen molar-refractivity contribution in [3.8, 4) is 0 Å². The van der Waals surface area contributed by atoms with Crippen LogP contribution in [0.1, 0.15) is 37.7 Å². The van der Waals surface area contributed by atoms with E-state index in [9.17, 15) is 5.11 Å². The molecule has 0 bridgehead atoms. The molecule has 0 saturated heterocycles. The normalized spacial score (nSPS) is 13.4. The lowest BCUT2D eigenvalue weighted by atomic mass is 9.78. The van der Waals surface area contributed by atoms with Gasteiger partial charge in [0.15, 0.2) is 0 Å². The van der Waals surface area contributed by atoms with Crippen LogP contribution >= 0.6 is 11.6 Å². The highest BCUT2D eigenvalue weighted by atomic mass is 35.5. The quantitative estimate of drug-likeness (QED) is 0.918. The van der Waals surface area contributed by atoms with E-state index in [-0.39, 0.29) is 5.41 Å². The first-order chi connectivity index (χ1) is 9.87. The third-order valence-electron chi connectivity index (χ3n) is 4.24. The molecule has 3 nitrogen and oxygen atoms in total. The molecule has 0 aliphatic heterocycles. The standard InChI is InChI=1S/C17H23ClN2O/c1-5-13-16(18)14(20(4)19-13)11-15(21)17(2,3)12-9-7-6-8-10-12/h6-10,15,21H,5,11H2,1-4H3. The maximum absolute atomic E-state index is 10.7. The van der Waals surface area contributed by atoms with Crippen molar-refractivity contribution in [1.82, 2.24) is 9.78 Å². The molecule has 0 spiro atoms. The maximum atomic E-state index is 10.7. The zero-order valence-electron chi connectivity index (χ0n) is 13.1. The zero-order valence-corrected chi connectivity index (χ0v) is 13.9. The van der Waals surface area contributed by atoms with Crippen LogP contribution in [0.5, 0.6) is 0 Å². The fourth-order valence-corrected chi connectivity index (χ4v) is 2.91. The van der Waals surface area contributed by atoms with Crippen LogP contribution in [0.4, 0.5) is 0 Å². The molecule has 21 heavy (non-hydrogen) atoms. The number of hydrogen-bond acceptors (Lipinski definition) is 2. The Hall–Kier alpha value is -1.32. The number of aliphatic hydroxyl groups is 1. The summed E-state index contributed by atoms with van der Waals surface area (Å²) < 4.78 is 1.78. The lowest BCUT2D eigenvalue weighted by Gasteiger charge is -2.31. The molecule has 114 valence electrons. The van der Waals surface area contributed by atoms with Crippen molar-refractivity contribution in [3.05, 3.63) is 52.3 Å². The second-order valence-electron chi connectivity index (χ2n) is 5.99. The molecule has 2 aromatic rings. The van der Waals surface area contributed by atoms with Gasteiger partial charge in [0.1, 0.15) is 0 Å². The van der Waals surface area contributed by atoms with Gasteiger partial charge >= 0.3 is 0 Å². The van der Waals surface area contributed by atoms with E-state index < -0.39 is 6.10 Å². The van der Waals surface area contributed by atoms with Gasteiger partial charge in [0.25, 0.3) is 0 Å². The van der Waals surface area contributed by atoms with Gasteiger partial charge in [-0.1, -0.05) is 62.7 Å². The number of halogens is 1. The first-order valence-electron chi connectivity index (χ1n) is 7.31. The number of benzene rings is 1. The molecule has 1 aromatic carbocycles. The van der Waals surface area contributed by atoms with Gasteiger partial charge in [0, 0.05) is 18.9 Å². The van der Waals surface area contributed by atoms with Crippen LogP contribution in [0, 0.1) is 0 Å². The summed E-state index contributed by atoms with van der Waals surface area (Å²) in [7, 11) is 1.88. The summed E-state index contributed by atoms with van der Waals surface area (Å²) in [5, 5.41) is 15.8. The Morgan fingerprint density at radius 1 is 1.29 bits per heavy atom.